The fourth-order valence-corrected chi connectivity index (χ4v) is 6.96. The molecule has 4 heteroatoms. The van der Waals surface area contributed by atoms with Gasteiger partial charge < -0.3 is 10.1 Å². The highest BCUT2D eigenvalue weighted by Crippen LogP contribution is 2.59. The Morgan fingerprint density at radius 1 is 1.11 bits per heavy atom. The molecule has 3 nitrogen and oxygen atoms in total. The fourth-order valence-electron chi connectivity index (χ4n) is 6.12. The lowest BCUT2D eigenvalue weighted by Gasteiger charge is -2.60. The van der Waals surface area contributed by atoms with Crippen molar-refractivity contribution in [1.82, 2.24) is 5.32 Å². The molecule has 4 aliphatic rings. The SMILES string of the molecule is COC1(CNC(=O)Cc2ccc(SC(C)C)cc2)C2CC3CC(C2)CC1C3. The normalized spacial score (nSPS) is 34.2. The smallest absolute Gasteiger partial charge is 0.224 e. The number of carbonyl (C=O) groups is 1. The number of hydrogen-bond acceptors (Lipinski definition) is 3. The third-order valence-electron chi connectivity index (χ3n) is 7.12. The van der Waals surface area contributed by atoms with E-state index in [9.17, 15) is 4.79 Å². The van der Waals surface area contributed by atoms with Crippen LogP contribution in [0.4, 0.5) is 0 Å². The van der Waals surface area contributed by atoms with Crippen LogP contribution in [-0.2, 0) is 16.0 Å². The molecule has 4 fully saturated rings. The Hall–Kier alpha value is -1.00. The lowest BCUT2D eigenvalue weighted by molar-refractivity contribution is -0.188. The Morgan fingerprint density at radius 2 is 1.70 bits per heavy atom. The fraction of sp³-hybridized carbons (Fsp3) is 0.696. The highest BCUT2D eigenvalue weighted by molar-refractivity contribution is 7.99. The lowest BCUT2D eigenvalue weighted by atomic mass is 9.49. The predicted octanol–water partition coefficient (Wildman–Crippen LogP) is 4.69. The molecule has 4 aliphatic carbocycles. The number of ether oxygens (including phenoxy) is 1. The first-order chi connectivity index (χ1) is 13.0. The molecule has 4 bridgehead atoms. The predicted molar refractivity (Wildman–Crippen MR) is 111 cm³/mol. The number of nitrogens with one attached hydrogen (secondary N) is 1. The van der Waals surface area contributed by atoms with Crippen LogP contribution in [0, 0.1) is 23.7 Å². The van der Waals surface area contributed by atoms with E-state index in [4.69, 9.17) is 4.74 Å². The van der Waals surface area contributed by atoms with Crippen molar-refractivity contribution in [3.05, 3.63) is 29.8 Å². The molecule has 1 aromatic carbocycles. The van der Waals surface area contributed by atoms with Gasteiger partial charge in [-0.3, -0.25) is 4.79 Å². The number of benzene rings is 1. The number of carbonyl (C=O) groups excluding carboxylic acids is 1. The van der Waals surface area contributed by atoms with Gasteiger partial charge in [0.1, 0.15) is 0 Å². The number of methoxy groups -OCH3 is 1. The molecular weight excluding hydrogens is 354 g/mol. The van der Waals surface area contributed by atoms with Crippen LogP contribution < -0.4 is 5.32 Å². The molecule has 0 spiro atoms. The molecule has 27 heavy (non-hydrogen) atoms. The second-order valence-corrected chi connectivity index (χ2v) is 10.9. The van der Waals surface area contributed by atoms with Gasteiger partial charge in [-0.2, -0.15) is 0 Å². The van der Waals surface area contributed by atoms with Gasteiger partial charge in [-0.05, 0) is 73.5 Å². The Kier molecular flexibility index (Phi) is 5.57. The van der Waals surface area contributed by atoms with Gasteiger partial charge in [0, 0.05) is 23.8 Å². The van der Waals surface area contributed by atoms with Crippen molar-refractivity contribution in [1.29, 1.82) is 0 Å². The Bertz CT molecular complexity index is 641. The van der Waals surface area contributed by atoms with Crippen LogP contribution in [0.1, 0.15) is 51.5 Å². The van der Waals surface area contributed by atoms with Crippen molar-refractivity contribution in [2.45, 2.75) is 68.1 Å². The van der Waals surface area contributed by atoms with Crippen molar-refractivity contribution in [3.63, 3.8) is 0 Å². The van der Waals surface area contributed by atoms with Crippen LogP contribution >= 0.6 is 11.8 Å². The standard InChI is InChI=1S/C23H33NO2S/c1-15(2)27-21-6-4-16(5-7-21)13-22(25)24-14-23(26-3)19-9-17-8-18(11-19)12-20(23)10-17/h4-7,15,17-20H,8-14H2,1-3H3,(H,24,25). The summed E-state index contributed by atoms with van der Waals surface area (Å²) in [5, 5.41) is 3.80. The van der Waals surface area contributed by atoms with Crippen LogP contribution in [0.2, 0.25) is 0 Å². The van der Waals surface area contributed by atoms with Crippen molar-refractivity contribution < 1.29 is 9.53 Å². The average Bonchev–Trinajstić information content (AvgIpc) is 2.62. The van der Waals surface area contributed by atoms with E-state index in [0.29, 0.717) is 30.1 Å². The third-order valence-corrected chi connectivity index (χ3v) is 8.14. The van der Waals surface area contributed by atoms with Gasteiger partial charge in [-0.15, -0.1) is 11.8 Å². The van der Waals surface area contributed by atoms with Gasteiger partial charge in [0.25, 0.3) is 0 Å². The van der Waals surface area contributed by atoms with Crippen molar-refractivity contribution >= 4 is 17.7 Å². The zero-order valence-electron chi connectivity index (χ0n) is 16.9. The highest BCUT2D eigenvalue weighted by Gasteiger charge is 2.57. The van der Waals surface area contributed by atoms with Crippen LogP contribution in [-0.4, -0.2) is 30.4 Å². The minimum atomic E-state index is -0.124. The molecule has 1 N–H and O–H groups in total. The lowest BCUT2D eigenvalue weighted by Crippen LogP contribution is -2.63. The monoisotopic (exact) mass is 387 g/mol. The van der Waals surface area contributed by atoms with Gasteiger partial charge in [0.05, 0.1) is 12.0 Å². The van der Waals surface area contributed by atoms with Crippen LogP contribution in [0.25, 0.3) is 0 Å². The van der Waals surface area contributed by atoms with Crippen LogP contribution in [0.15, 0.2) is 29.2 Å². The summed E-state index contributed by atoms with van der Waals surface area (Å²) in [7, 11) is 1.86. The van der Waals surface area contributed by atoms with E-state index in [2.05, 4.69) is 43.4 Å². The van der Waals surface area contributed by atoms with Crippen LogP contribution in [0.3, 0.4) is 0 Å². The molecule has 0 radical (unpaired) electrons. The summed E-state index contributed by atoms with van der Waals surface area (Å²) >= 11 is 1.85. The van der Waals surface area contributed by atoms with E-state index < -0.39 is 0 Å². The first kappa shape index (κ1) is 19.3. The van der Waals surface area contributed by atoms with Crippen molar-refractivity contribution in [2.75, 3.05) is 13.7 Å². The quantitative estimate of drug-likeness (QED) is 0.690. The first-order valence-corrected chi connectivity index (χ1v) is 11.4. The molecule has 4 saturated carbocycles. The first-order valence-electron chi connectivity index (χ1n) is 10.6. The van der Waals surface area contributed by atoms with E-state index >= 15 is 0 Å². The summed E-state index contributed by atoms with van der Waals surface area (Å²) in [6.07, 6.45) is 7.08. The van der Waals surface area contributed by atoms with E-state index in [0.717, 1.165) is 17.4 Å². The summed E-state index contributed by atoms with van der Waals surface area (Å²) in [5.41, 5.74) is 0.957. The Labute approximate surface area is 168 Å². The maximum absolute atomic E-state index is 12.6. The summed E-state index contributed by atoms with van der Waals surface area (Å²) in [4.78, 5) is 13.9. The molecule has 0 unspecified atom stereocenters. The van der Waals surface area contributed by atoms with Crippen LogP contribution in [0.5, 0.6) is 0 Å². The Balaban J connectivity index is 1.34. The molecule has 0 aromatic heterocycles. The largest absolute Gasteiger partial charge is 0.376 e. The van der Waals surface area contributed by atoms with Crippen molar-refractivity contribution in [2.24, 2.45) is 23.7 Å². The van der Waals surface area contributed by atoms with E-state index in [1.807, 2.05) is 18.9 Å². The van der Waals surface area contributed by atoms with E-state index in [1.165, 1.54) is 37.0 Å². The van der Waals surface area contributed by atoms with E-state index in [-0.39, 0.29) is 11.5 Å². The molecule has 0 aliphatic heterocycles. The minimum Gasteiger partial charge on any atom is -0.376 e. The number of rotatable bonds is 7. The summed E-state index contributed by atoms with van der Waals surface area (Å²) in [6, 6.07) is 8.42. The van der Waals surface area contributed by atoms with Gasteiger partial charge in [-0.25, -0.2) is 0 Å². The minimum absolute atomic E-state index is 0.115. The third kappa shape index (κ3) is 3.93. The summed E-state index contributed by atoms with van der Waals surface area (Å²) < 4.78 is 6.15. The molecule has 148 valence electrons. The molecule has 0 saturated heterocycles. The second-order valence-electron chi connectivity index (χ2n) is 9.23. The maximum Gasteiger partial charge on any atom is 0.224 e. The van der Waals surface area contributed by atoms with Crippen molar-refractivity contribution in [3.8, 4) is 0 Å². The molecule has 5 rings (SSSR count). The number of hydrogen-bond donors (Lipinski definition) is 1. The zero-order chi connectivity index (χ0) is 19.0. The number of amides is 1. The summed E-state index contributed by atoms with van der Waals surface area (Å²) in [6.45, 7) is 5.07. The summed E-state index contributed by atoms with van der Waals surface area (Å²) in [5.74, 6) is 3.20. The second kappa shape index (κ2) is 7.79. The zero-order valence-corrected chi connectivity index (χ0v) is 17.7. The Morgan fingerprint density at radius 3 is 2.22 bits per heavy atom. The molecule has 0 heterocycles. The van der Waals surface area contributed by atoms with Gasteiger partial charge in [0.2, 0.25) is 5.91 Å². The van der Waals surface area contributed by atoms with Gasteiger partial charge >= 0.3 is 0 Å². The highest BCUT2D eigenvalue weighted by atomic mass is 32.2. The molecule has 1 amide bonds. The molecule has 1 aromatic rings. The number of thioether (sulfide) groups is 1. The van der Waals surface area contributed by atoms with Gasteiger partial charge in [0.15, 0.2) is 0 Å². The average molecular weight is 388 g/mol. The molecule has 0 atom stereocenters. The van der Waals surface area contributed by atoms with Gasteiger partial charge in [-0.1, -0.05) is 26.0 Å². The topological polar surface area (TPSA) is 38.3 Å². The van der Waals surface area contributed by atoms with E-state index in [1.54, 1.807) is 0 Å². The molecular formula is C23H33NO2S. The maximum atomic E-state index is 12.6.